The van der Waals surface area contributed by atoms with Gasteiger partial charge in [-0.25, -0.2) is 14.8 Å². The monoisotopic (exact) mass is 374 g/mol. The number of carbonyl (C=O) groups is 1. The normalized spacial score (nSPS) is 15.8. The van der Waals surface area contributed by atoms with Gasteiger partial charge in [-0.3, -0.25) is 4.98 Å². The van der Waals surface area contributed by atoms with Crippen LogP contribution in [0.4, 0.5) is 4.79 Å². The molecule has 6 heteroatoms. The molecule has 1 amide bonds. The van der Waals surface area contributed by atoms with Gasteiger partial charge < -0.3 is 9.64 Å². The van der Waals surface area contributed by atoms with Gasteiger partial charge in [-0.1, -0.05) is 43.3 Å². The summed E-state index contributed by atoms with van der Waals surface area (Å²) in [6.07, 6.45) is 4.72. The average Bonchev–Trinajstić information content (AvgIpc) is 2.77. The second-order valence-corrected chi connectivity index (χ2v) is 6.72. The number of aromatic nitrogens is 3. The molecule has 1 aliphatic heterocycles. The summed E-state index contributed by atoms with van der Waals surface area (Å²) < 4.78 is 5.54. The Kier molecular flexibility index (Phi) is 5.28. The number of rotatable bonds is 4. The van der Waals surface area contributed by atoms with E-state index >= 15 is 0 Å². The quantitative estimate of drug-likeness (QED) is 0.685. The van der Waals surface area contributed by atoms with Gasteiger partial charge in [0.05, 0.1) is 11.7 Å². The number of nitrogens with zero attached hydrogens (tertiary/aromatic N) is 4. The zero-order valence-electron chi connectivity index (χ0n) is 15.8. The van der Waals surface area contributed by atoms with Gasteiger partial charge in [-0.05, 0) is 24.1 Å². The Labute approximate surface area is 164 Å². The first kappa shape index (κ1) is 18.1. The first-order valence-corrected chi connectivity index (χ1v) is 9.50. The molecule has 3 heterocycles. The molecule has 0 saturated heterocycles. The summed E-state index contributed by atoms with van der Waals surface area (Å²) in [4.78, 5) is 28.0. The Bertz CT molecular complexity index is 947. The van der Waals surface area contributed by atoms with E-state index in [1.807, 2.05) is 54.7 Å². The molecule has 142 valence electrons. The predicted molar refractivity (Wildman–Crippen MR) is 105 cm³/mol. The van der Waals surface area contributed by atoms with Crippen molar-refractivity contribution in [2.45, 2.75) is 32.4 Å². The van der Waals surface area contributed by atoms with Crippen LogP contribution in [-0.4, -0.2) is 32.5 Å². The summed E-state index contributed by atoms with van der Waals surface area (Å²) >= 11 is 0. The van der Waals surface area contributed by atoms with Crippen molar-refractivity contribution in [3.8, 4) is 11.5 Å². The molecule has 28 heavy (non-hydrogen) atoms. The van der Waals surface area contributed by atoms with Crippen LogP contribution in [0.5, 0.6) is 0 Å². The summed E-state index contributed by atoms with van der Waals surface area (Å²) in [6, 6.07) is 15.3. The number of hydrogen-bond donors (Lipinski definition) is 0. The lowest BCUT2D eigenvalue weighted by Crippen LogP contribution is -2.40. The molecule has 1 aromatic carbocycles. The molecule has 2 aromatic heterocycles. The maximum Gasteiger partial charge on any atom is 0.410 e. The van der Waals surface area contributed by atoms with Crippen molar-refractivity contribution < 1.29 is 9.53 Å². The van der Waals surface area contributed by atoms with Crippen LogP contribution in [0.2, 0.25) is 0 Å². The fraction of sp³-hybridized carbons (Fsp3) is 0.273. The number of hydrogen-bond acceptors (Lipinski definition) is 5. The number of pyridine rings is 1. The lowest BCUT2D eigenvalue weighted by atomic mass is 9.96. The van der Waals surface area contributed by atoms with E-state index in [0.29, 0.717) is 18.8 Å². The number of benzene rings is 1. The first-order valence-electron chi connectivity index (χ1n) is 9.50. The third kappa shape index (κ3) is 3.71. The zero-order valence-corrected chi connectivity index (χ0v) is 15.8. The Morgan fingerprint density at radius 2 is 1.96 bits per heavy atom. The van der Waals surface area contributed by atoms with E-state index in [-0.39, 0.29) is 18.7 Å². The van der Waals surface area contributed by atoms with Gasteiger partial charge in [0.2, 0.25) is 0 Å². The van der Waals surface area contributed by atoms with Gasteiger partial charge in [0.15, 0.2) is 5.82 Å². The molecule has 0 N–H and O–H groups in total. The van der Waals surface area contributed by atoms with Crippen LogP contribution in [0, 0.1) is 0 Å². The van der Waals surface area contributed by atoms with Gasteiger partial charge in [0.1, 0.15) is 12.3 Å². The van der Waals surface area contributed by atoms with Crippen LogP contribution in [-0.2, 0) is 17.8 Å². The summed E-state index contributed by atoms with van der Waals surface area (Å²) in [5.74, 6) is 0.620. The number of ether oxygens (including phenoxy) is 1. The van der Waals surface area contributed by atoms with E-state index in [2.05, 4.69) is 16.9 Å². The van der Waals surface area contributed by atoms with Crippen LogP contribution in [0.3, 0.4) is 0 Å². The second-order valence-electron chi connectivity index (χ2n) is 6.72. The van der Waals surface area contributed by atoms with Crippen molar-refractivity contribution in [1.82, 2.24) is 19.9 Å². The van der Waals surface area contributed by atoms with Crippen molar-refractivity contribution in [3.05, 3.63) is 77.7 Å². The fourth-order valence-electron chi connectivity index (χ4n) is 3.53. The highest BCUT2D eigenvalue weighted by molar-refractivity contribution is 5.69. The molecule has 0 saturated carbocycles. The summed E-state index contributed by atoms with van der Waals surface area (Å²) in [5.41, 5.74) is 3.70. The van der Waals surface area contributed by atoms with E-state index < -0.39 is 0 Å². The van der Waals surface area contributed by atoms with Crippen LogP contribution in [0.1, 0.15) is 36.2 Å². The van der Waals surface area contributed by atoms with E-state index in [0.717, 1.165) is 28.9 Å². The van der Waals surface area contributed by atoms with Crippen molar-refractivity contribution in [2.24, 2.45) is 0 Å². The van der Waals surface area contributed by atoms with Gasteiger partial charge in [-0.2, -0.15) is 0 Å². The Hall–Kier alpha value is -3.28. The molecule has 0 fully saturated rings. The van der Waals surface area contributed by atoms with Crippen LogP contribution >= 0.6 is 0 Å². The Balaban J connectivity index is 1.51. The minimum atomic E-state index is -0.296. The topological polar surface area (TPSA) is 68.2 Å². The molecule has 0 radical (unpaired) electrons. The number of amides is 1. The van der Waals surface area contributed by atoms with Gasteiger partial charge in [-0.15, -0.1) is 0 Å². The van der Waals surface area contributed by atoms with Crippen molar-refractivity contribution in [1.29, 1.82) is 0 Å². The van der Waals surface area contributed by atoms with Crippen LogP contribution < -0.4 is 0 Å². The number of fused-ring (bicyclic) bond motifs is 1. The van der Waals surface area contributed by atoms with E-state index in [1.165, 1.54) is 0 Å². The fourth-order valence-corrected chi connectivity index (χ4v) is 3.53. The SMILES string of the molecule is CCC1c2cnc(-c3ccccn3)nc2CCN1C(=O)OCc1ccccc1. The van der Waals surface area contributed by atoms with E-state index in [1.54, 1.807) is 11.1 Å². The molecule has 0 spiro atoms. The summed E-state index contributed by atoms with van der Waals surface area (Å²) in [7, 11) is 0. The molecular weight excluding hydrogens is 352 g/mol. The molecule has 0 aliphatic carbocycles. The third-order valence-corrected chi connectivity index (χ3v) is 4.95. The molecule has 1 unspecified atom stereocenters. The summed E-state index contributed by atoms with van der Waals surface area (Å²) in [6.45, 7) is 2.91. The van der Waals surface area contributed by atoms with Crippen molar-refractivity contribution >= 4 is 6.09 Å². The molecule has 4 rings (SSSR count). The zero-order chi connectivity index (χ0) is 19.3. The molecule has 6 nitrogen and oxygen atoms in total. The van der Waals surface area contributed by atoms with Gasteiger partial charge in [0.25, 0.3) is 0 Å². The first-order chi connectivity index (χ1) is 13.8. The van der Waals surface area contributed by atoms with Gasteiger partial charge >= 0.3 is 6.09 Å². The lowest BCUT2D eigenvalue weighted by molar-refractivity contribution is 0.0756. The Morgan fingerprint density at radius 1 is 1.14 bits per heavy atom. The second kappa shape index (κ2) is 8.17. The largest absolute Gasteiger partial charge is 0.445 e. The van der Waals surface area contributed by atoms with Crippen LogP contribution in [0.25, 0.3) is 11.5 Å². The molecule has 3 aromatic rings. The maximum absolute atomic E-state index is 12.7. The minimum Gasteiger partial charge on any atom is -0.445 e. The van der Waals surface area contributed by atoms with Crippen molar-refractivity contribution in [3.63, 3.8) is 0 Å². The maximum atomic E-state index is 12.7. The predicted octanol–water partition coefficient (Wildman–Crippen LogP) is 4.18. The average molecular weight is 374 g/mol. The number of carbonyl (C=O) groups excluding carboxylic acids is 1. The third-order valence-electron chi connectivity index (χ3n) is 4.95. The lowest BCUT2D eigenvalue weighted by Gasteiger charge is -2.35. The highest BCUT2D eigenvalue weighted by atomic mass is 16.6. The standard InChI is InChI=1S/C22H22N4O2/c1-2-20-17-14-24-21(19-10-6-7-12-23-19)25-18(17)11-13-26(20)22(27)28-15-16-8-4-3-5-9-16/h3-10,12,14,20H,2,11,13,15H2,1H3. The molecule has 1 atom stereocenters. The van der Waals surface area contributed by atoms with Crippen LogP contribution in [0.15, 0.2) is 60.9 Å². The minimum absolute atomic E-state index is 0.0789. The van der Waals surface area contributed by atoms with Crippen molar-refractivity contribution in [2.75, 3.05) is 6.54 Å². The van der Waals surface area contributed by atoms with E-state index in [9.17, 15) is 4.79 Å². The molecule has 1 aliphatic rings. The highest BCUT2D eigenvalue weighted by Gasteiger charge is 2.32. The van der Waals surface area contributed by atoms with Gasteiger partial charge in [0, 0.05) is 30.9 Å². The Morgan fingerprint density at radius 3 is 2.71 bits per heavy atom. The van der Waals surface area contributed by atoms with E-state index in [4.69, 9.17) is 9.72 Å². The molecule has 0 bridgehead atoms. The molecular formula is C22H22N4O2. The smallest absolute Gasteiger partial charge is 0.410 e. The summed E-state index contributed by atoms with van der Waals surface area (Å²) in [5, 5.41) is 0. The highest BCUT2D eigenvalue weighted by Crippen LogP contribution is 2.32.